The predicted molar refractivity (Wildman–Crippen MR) is 77.4 cm³/mol. The number of hydrogen-bond donors (Lipinski definition) is 2. The average Bonchev–Trinajstić information content (AvgIpc) is 2.45. The molecule has 7 nitrogen and oxygen atoms in total. The Bertz CT molecular complexity index is 380. The summed E-state index contributed by atoms with van der Waals surface area (Å²) in [6, 6.07) is 0. The molecule has 0 aromatic rings. The maximum Gasteiger partial charge on any atom is 0.242 e. The molecule has 7 heteroatoms. The van der Waals surface area contributed by atoms with Gasteiger partial charge in [0, 0.05) is 20.1 Å². The largest absolute Gasteiger partial charge is 0.409 e. The first kappa shape index (κ1) is 18.2. The van der Waals surface area contributed by atoms with Gasteiger partial charge in [-0.1, -0.05) is 12.1 Å². The Labute approximate surface area is 120 Å². The Morgan fingerprint density at radius 3 is 2.10 bits per heavy atom. The van der Waals surface area contributed by atoms with Crippen LogP contribution < -0.4 is 5.73 Å². The van der Waals surface area contributed by atoms with Crippen LogP contribution in [0, 0.1) is 5.41 Å². The fraction of sp³-hybridized carbons (Fsp3) is 0.769. The molecule has 0 spiro atoms. The third-order valence-electron chi connectivity index (χ3n) is 3.69. The van der Waals surface area contributed by atoms with Crippen LogP contribution in [-0.4, -0.2) is 59.3 Å². The molecule has 116 valence electrons. The van der Waals surface area contributed by atoms with Crippen molar-refractivity contribution in [2.45, 2.75) is 34.1 Å². The van der Waals surface area contributed by atoms with Gasteiger partial charge in [-0.3, -0.25) is 9.59 Å². The van der Waals surface area contributed by atoms with E-state index in [1.807, 2.05) is 13.8 Å². The summed E-state index contributed by atoms with van der Waals surface area (Å²) in [4.78, 5) is 27.4. The smallest absolute Gasteiger partial charge is 0.242 e. The second-order valence-electron chi connectivity index (χ2n) is 4.90. The Hall–Kier alpha value is -1.79. The van der Waals surface area contributed by atoms with Crippen molar-refractivity contribution in [1.82, 2.24) is 9.80 Å². The van der Waals surface area contributed by atoms with Gasteiger partial charge in [0.25, 0.3) is 0 Å². The van der Waals surface area contributed by atoms with E-state index in [0.717, 1.165) is 0 Å². The van der Waals surface area contributed by atoms with Crippen LogP contribution in [-0.2, 0) is 9.59 Å². The summed E-state index contributed by atoms with van der Waals surface area (Å²) in [5.41, 5.74) is 4.50. The standard InChI is InChI=1S/C13H26N4O3/c1-6-13(4,11(14)15-20)12(19)16(5)9-10(18)17(7-2)8-3/h20H,6-9H2,1-5H3,(H2,14,15). The molecule has 0 saturated heterocycles. The highest BCUT2D eigenvalue weighted by Crippen LogP contribution is 2.24. The molecule has 2 amide bonds. The number of rotatable bonds is 7. The van der Waals surface area contributed by atoms with E-state index in [4.69, 9.17) is 10.9 Å². The van der Waals surface area contributed by atoms with Gasteiger partial charge in [0.2, 0.25) is 11.8 Å². The molecule has 1 atom stereocenters. The summed E-state index contributed by atoms with van der Waals surface area (Å²) >= 11 is 0. The number of nitrogens with zero attached hydrogens (tertiary/aromatic N) is 3. The normalized spacial score (nSPS) is 14.6. The van der Waals surface area contributed by atoms with Crippen LogP contribution >= 0.6 is 0 Å². The minimum atomic E-state index is -1.10. The summed E-state index contributed by atoms with van der Waals surface area (Å²) in [7, 11) is 1.54. The zero-order valence-corrected chi connectivity index (χ0v) is 13.0. The monoisotopic (exact) mass is 286 g/mol. The van der Waals surface area contributed by atoms with Gasteiger partial charge in [0.15, 0.2) is 5.84 Å². The van der Waals surface area contributed by atoms with E-state index in [1.54, 1.807) is 25.8 Å². The Balaban J connectivity index is 4.98. The Morgan fingerprint density at radius 2 is 1.75 bits per heavy atom. The van der Waals surface area contributed by atoms with Crippen molar-refractivity contribution < 1.29 is 14.8 Å². The first-order chi connectivity index (χ1) is 9.28. The molecule has 0 aromatic carbocycles. The second-order valence-corrected chi connectivity index (χ2v) is 4.90. The molecule has 0 heterocycles. The van der Waals surface area contributed by atoms with E-state index >= 15 is 0 Å². The Morgan fingerprint density at radius 1 is 1.25 bits per heavy atom. The van der Waals surface area contributed by atoms with Crippen molar-refractivity contribution in [2.24, 2.45) is 16.3 Å². The summed E-state index contributed by atoms with van der Waals surface area (Å²) < 4.78 is 0. The number of hydrogen-bond acceptors (Lipinski definition) is 4. The van der Waals surface area contributed by atoms with Crippen LogP contribution in [0.3, 0.4) is 0 Å². The van der Waals surface area contributed by atoms with Gasteiger partial charge in [-0.15, -0.1) is 0 Å². The summed E-state index contributed by atoms with van der Waals surface area (Å²) in [5.74, 6) is -0.605. The lowest BCUT2D eigenvalue weighted by Crippen LogP contribution is -2.50. The Kier molecular flexibility index (Phi) is 7.02. The number of amidine groups is 1. The molecule has 0 aromatic heterocycles. The predicted octanol–water partition coefficient (Wildman–Crippen LogP) is 0.476. The van der Waals surface area contributed by atoms with Crippen LogP contribution in [0.5, 0.6) is 0 Å². The maximum atomic E-state index is 12.4. The zero-order valence-electron chi connectivity index (χ0n) is 13.0. The number of nitrogens with two attached hydrogens (primary N) is 1. The summed E-state index contributed by atoms with van der Waals surface area (Å²) in [6.45, 7) is 8.32. The molecule has 0 fully saturated rings. The van der Waals surface area contributed by atoms with Gasteiger partial charge in [-0.05, 0) is 27.2 Å². The van der Waals surface area contributed by atoms with Crippen molar-refractivity contribution in [1.29, 1.82) is 0 Å². The summed E-state index contributed by atoms with van der Waals surface area (Å²) in [6.07, 6.45) is 0.380. The molecule has 0 rings (SSSR count). The van der Waals surface area contributed by atoms with Crippen LogP contribution in [0.2, 0.25) is 0 Å². The first-order valence-electron chi connectivity index (χ1n) is 6.79. The summed E-state index contributed by atoms with van der Waals surface area (Å²) in [5, 5.41) is 11.7. The van der Waals surface area contributed by atoms with Crippen molar-refractivity contribution in [2.75, 3.05) is 26.7 Å². The second kappa shape index (κ2) is 7.72. The lowest BCUT2D eigenvalue weighted by atomic mass is 9.84. The number of likely N-dealkylation sites (N-methyl/N-ethyl adjacent to an activating group) is 2. The highest BCUT2D eigenvalue weighted by molar-refractivity contribution is 6.06. The fourth-order valence-corrected chi connectivity index (χ4v) is 1.92. The van der Waals surface area contributed by atoms with Crippen molar-refractivity contribution in [3.8, 4) is 0 Å². The van der Waals surface area contributed by atoms with E-state index in [9.17, 15) is 9.59 Å². The molecule has 20 heavy (non-hydrogen) atoms. The topological polar surface area (TPSA) is 99.2 Å². The molecule has 0 saturated carbocycles. The zero-order chi connectivity index (χ0) is 15.9. The molecule has 0 radical (unpaired) electrons. The van der Waals surface area contributed by atoms with Crippen LogP contribution in [0.15, 0.2) is 5.16 Å². The van der Waals surface area contributed by atoms with Crippen LogP contribution in [0.1, 0.15) is 34.1 Å². The third kappa shape index (κ3) is 3.85. The molecular formula is C13H26N4O3. The van der Waals surface area contributed by atoms with Gasteiger partial charge in [0.05, 0.1) is 6.54 Å². The lowest BCUT2D eigenvalue weighted by Gasteiger charge is -2.31. The minimum absolute atomic E-state index is 0.0190. The van der Waals surface area contributed by atoms with Gasteiger partial charge in [-0.25, -0.2) is 0 Å². The molecule has 0 bridgehead atoms. The molecule has 0 aliphatic rings. The molecule has 3 N–H and O–H groups in total. The minimum Gasteiger partial charge on any atom is -0.409 e. The van der Waals surface area contributed by atoms with Gasteiger partial charge in [-0.2, -0.15) is 0 Å². The number of carbonyl (C=O) groups excluding carboxylic acids is 2. The van der Waals surface area contributed by atoms with E-state index in [0.29, 0.717) is 19.5 Å². The highest BCUT2D eigenvalue weighted by atomic mass is 16.4. The van der Waals surface area contributed by atoms with E-state index in [-0.39, 0.29) is 24.2 Å². The van der Waals surface area contributed by atoms with Crippen molar-refractivity contribution in [3.63, 3.8) is 0 Å². The molecule has 0 aliphatic carbocycles. The SMILES string of the molecule is CCN(CC)C(=O)CN(C)C(=O)C(C)(CC)C(N)=NO. The number of oxime groups is 1. The van der Waals surface area contributed by atoms with Gasteiger partial charge < -0.3 is 20.7 Å². The third-order valence-corrected chi connectivity index (χ3v) is 3.69. The first-order valence-corrected chi connectivity index (χ1v) is 6.79. The quantitative estimate of drug-likeness (QED) is 0.308. The van der Waals surface area contributed by atoms with Crippen molar-refractivity contribution in [3.05, 3.63) is 0 Å². The van der Waals surface area contributed by atoms with Crippen LogP contribution in [0.4, 0.5) is 0 Å². The molecule has 1 unspecified atom stereocenters. The molecular weight excluding hydrogens is 260 g/mol. The maximum absolute atomic E-state index is 12.4. The fourth-order valence-electron chi connectivity index (χ4n) is 1.92. The number of carbonyl (C=O) groups is 2. The van der Waals surface area contributed by atoms with E-state index < -0.39 is 5.41 Å². The van der Waals surface area contributed by atoms with Gasteiger partial charge in [0.1, 0.15) is 5.41 Å². The highest BCUT2D eigenvalue weighted by Gasteiger charge is 2.39. The average molecular weight is 286 g/mol. The van der Waals surface area contributed by atoms with Crippen LogP contribution in [0.25, 0.3) is 0 Å². The van der Waals surface area contributed by atoms with Crippen molar-refractivity contribution >= 4 is 17.6 Å². The van der Waals surface area contributed by atoms with E-state index in [1.165, 1.54) is 4.90 Å². The number of amides is 2. The van der Waals surface area contributed by atoms with Gasteiger partial charge >= 0.3 is 0 Å². The van der Waals surface area contributed by atoms with E-state index in [2.05, 4.69) is 5.16 Å². The lowest BCUT2D eigenvalue weighted by molar-refractivity contribution is -0.143. The molecule has 0 aliphatic heterocycles.